The molecule has 1 atom stereocenters. The number of carbonyl (C=O) groups excluding carboxylic acids is 1. The van der Waals surface area contributed by atoms with Crippen molar-refractivity contribution in [2.24, 2.45) is 0 Å². The Balaban J connectivity index is 2.42. The highest BCUT2D eigenvalue weighted by Gasteiger charge is 2.47. The zero-order valence-corrected chi connectivity index (χ0v) is 18.3. The summed E-state index contributed by atoms with van der Waals surface area (Å²) in [6.07, 6.45) is 0.916. The number of benzene rings is 1. The highest BCUT2D eigenvalue weighted by Crippen LogP contribution is 2.45. The Kier molecular flexibility index (Phi) is 7.44. The van der Waals surface area contributed by atoms with E-state index in [-0.39, 0.29) is 5.97 Å². The highest BCUT2D eigenvalue weighted by molar-refractivity contribution is 8.01. The molecule has 1 aromatic carbocycles. The first-order valence-corrected chi connectivity index (χ1v) is 13.1. The second-order valence-electron chi connectivity index (χ2n) is 6.48. The molecule has 0 radical (unpaired) electrons. The van der Waals surface area contributed by atoms with Crippen LogP contribution in [0.1, 0.15) is 38.8 Å². The van der Waals surface area contributed by atoms with Gasteiger partial charge in [-0.15, -0.1) is 11.8 Å². The molecule has 0 fully saturated rings. The van der Waals surface area contributed by atoms with Gasteiger partial charge in [-0.2, -0.15) is 0 Å². The Morgan fingerprint density at radius 3 is 2.52 bits per heavy atom. The summed E-state index contributed by atoms with van der Waals surface area (Å²) in [4.78, 5) is 13.0. The molecular formula is C19H29ClO3SSi. The van der Waals surface area contributed by atoms with Crippen molar-refractivity contribution in [3.8, 4) is 0 Å². The van der Waals surface area contributed by atoms with Gasteiger partial charge in [0, 0.05) is 5.02 Å². The molecule has 0 amide bonds. The summed E-state index contributed by atoms with van der Waals surface area (Å²) in [6, 6.07) is 9.03. The van der Waals surface area contributed by atoms with E-state index in [1.54, 1.807) is 11.8 Å². The van der Waals surface area contributed by atoms with Gasteiger partial charge >= 0.3 is 5.97 Å². The maximum Gasteiger partial charge on any atom is 0.329 e. The van der Waals surface area contributed by atoms with Crippen molar-refractivity contribution in [2.45, 2.75) is 57.0 Å². The fourth-order valence-electron chi connectivity index (χ4n) is 3.48. The zero-order chi connectivity index (χ0) is 18.5. The number of hydrogen-bond donors (Lipinski definition) is 0. The van der Waals surface area contributed by atoms with Crippen LogP contribution in [0.2, 0.25) is 23.2 Å². The molecule has 0 bridgehead atoms. The van der Waals surface area contributed by atoms with Gasteiger partial charge in [-0.05, 0) is 60.5 Å². The van der Waals surface area contributed by atoms with Crippen LogP contribution in [0.5, 0.6) is 0 Å². The van der Waals surface area contributed by atoms with E-state index in [0.29, 0.717) is 18.2 Å². The smallest absolute Gasteiger partial charge is 0.329 e. The summed E-state index contributed by atoms with van der Waals surface area (Å²) in [5.41, 5.74) is 2.15. The van der Waals surface area contributed by atoms with Gasteiger partial charge in [0.1, 0.15) is 0 Å². The minimum Gasteiger partial charge on any atom is -0.465 e. The van der Waals surface area contributed by atoms with Crippen molar-refractivity contribution < 1.29 is 14.0 Å². The molecule has 6 heteroatoms. The number of hydrogen-bond acceptors (Lipinski definition) is 4. The van der Waals surface area contributed by atoms with Crippen molar-refractivity contribution in [3.63, 3.8) is 0 Å². The van der Waals surface area contributed by atoms with Crippen LogP contribution >= 0.6 is 23.4 Å². The lowest BCUT2D eigenvalue weighted by atomic mass is 9.92. The van der Waals surface area contributed by atoms with Gasteiger partial charge in [-0.25, -0.2) is 0 Å². The van der Waals surface area contributed by atoms with Crippen molar-refractivity contribution in [2.75, 3.05) is 19.0 Å². The minimum absolute atomic E-state index is 0.186. The first kappa shape index (κ1) is 20.8. The predicted molar refractivity (Wildman–Crippen MR) is 109 cm³/mol. The first-order valence-electron chi connectivity index (χ1n) is 9.21. The van der Waals surface area contributed by atoms with Crippen LogP contribution in [0.15, 0.2) is 18.2 Å². The lowest BCUT2D eigenvalue weighted by Crippen LogP contribution is -2.47. The van der Waals surface area contributed by atoms with E-state index in [1.807, 2.05) is 25.1 Å². The van der Waals surface area contributed by atoms with E-state index in [1.165, 1.54) is 0 Å². The van der Waals surface area contributed by atoms with Crippen molar-refractivity contribution in [3.05, 3.63) is 34.3 Å². The monoisotopic (exact) mass is 400 g/mol. The molecule has 0 aromatic heterocycles. The molecule has 1 aliphatic rings. The fraction of sp³-hybridized carbons (Fsp3) is 0.632. The molecule has 1 aliphatic heterocycles. The molecular weight excluding hydrogens is 372 g/mol. The first-order chi connectivity index (χ1) is 12.0. The summed E-state index contributed by atoms with van der Waals surface area (Å²) in [6.45, 7) is 9.24. The summed E-state index contributed by atoms with van der Waals surface area (Å²) in [5, 5.41) is 0.712. The van der Waals surface area contributed by atoms with Crippen LogP contribution < -0.4 is 0 Å². The SMILES string of the molecule is CCOC(=O)C1(CO[Si](CC)(CC)CC)SCCc2cc(Cl)ccc21. The fourth-order valence-corrected chi connectivity index (χ4v) is 7.76. The molecule has 25 heavy (non-hydrogen) atoms. The molecule has 3 nitrogen and oxygen atoms in total. The molecule has 1 aromatic rings. The normalized spacial score (nSPS) is 20.2. The van der Waals surface area contributed by atoms with Gasteiger partial charge in [-0.3, -0.25) is 4.79 Å². The molecule has 0 spiro atoms. The Morgan fingerprint density at radius 2 is 1.92 bits per heavy atom. The zero-order valence-electron chi connectivity index (χ0n) is 15.7. The van der Waals surface area contributed by atoms with Crippen LogP contribution in [0.25, 0.3) is 0 Å². The average molecular weight is 401 g/mol. The van der Waals surface area contributed by atoms with E-state index in [0.717, 1.165) is 41.4 Å². The standard InChI is InChI=1S/C19H29ClO3SSi/c1-5-22-18(21)19(14-23-25(6-2,7-3)8-4)17-10-9-16(20)13-15(17)11-12-24-19/h9-10,13H,5-8,11-12,14H2,1-4H3. The summed E-state index contributed by atoms with van der Waals surface area (Å²) >= 11 is 7.84. The number of ether oxygens (including phenoxy) is 1. The van der Waals surface area contributed by atoms with Crippen molar-refractivity contribution in [1.82, 2.24) is 0 Å². The van der Waals surface area contributed by atoms with Gasteiger partial charge in [0.25, 0.3) is 0 Å². The Morgan fingerprint density at radius 1 is 1.24 bits per heavy atom. The topological polar surface area (TPSA) is 35.5 Å². The molecule has 0 aliphatic carbocycles. The third kappa shape index (κ3) is 4.26. The number of carbonyl (C=O) groups is 1. The molecule has 1 unspecified atom stereocenters. The van der Waals surface area contributed by atoms with Gasteiger partial charge in [0.2, 0.25) is 0 Å². The van der Waals surface area contributed by atoms with E-state index in [9.17, 15) is 4.79 Å². The summed E-state index contributed by atoms with van der Waals surface area (Å²) in [7, 11) is -1.80. The number of rotatable bonds is 8. The van der Waals surface area contributed by atoms with Crippen molar-refractivity contribution >= 4 is 37.6 Å². The maximum absolute atomic E-state index is 13.0. The van der Waals surface area contributed by atoms with E-state index in [4.69, 9.17) is 20.8 Å². The number of esters is 1. The number of aryl methyl sites for hydroxylation is 1. The van der Waals surface area contributed by atoms with Crippen LogP contribution in [0.3, 0.4) is 0 Å². The Hall–Kier alpha value is -0.493. The van der Waals surface area contributed by atoms with Crippen LogP contribution in [-0.2, 0) is 25.1 Å². The molecule has 0 N–H and O–H groups in total. The van der Waals surface area contributed by atoms with Gasteiger partial charge in [-0.1, -0.05) is 38.4 Å². The lowest BCUT2D eigenvalue weighted by molar-refractivity contribution is -0.147. The molecule has 140 valence electrons. The third-order valence-electron chi connectivity index (χ3n) is 5.34. The maximum atomic E-state index is 13.0. The Bertz CT molecular complexity index is 598. The van der Waals surface area contributed by atoms with Gasteiger partial charge in [0.15, 0.2) is 13.1 Å². The van der Waals surface area contributed by atoms with Crippen LogP contribution in [0, 0.1) is 0 Å². The van der Waals surface area contributed by atoms with Gasteiger partial charge in [0.05, 0.1) is 13.2 Å². The second-order valence-corrected chi connectivity index (χ2v) is 13.1. The molecule has 1 heterocycles. The molecule has 2 rings (SSSR count). The quantitative estimate of drug-likeness (QED) is 0.431. The van der Waals surface area contributed by atoms with E-state index in [2.05, 4.69) is 20.8 Å². The largest absolute Gasteiger partial charge is 0.465 e. The Labute approximate surface area is 161 Å². The second kappa shape index (κ2) is 8.93. The van der Waals surface area contributed by atoms with Gasteiger partial charge < -0.3 is 9.16 Å². The highest BCUT2D eigenvalue weighted by atomic mass is 35.5. The summed E-state index contributed by atoms with van der Waals surface area (Å²) in [5.74, 6) is 0.684. The number of fused-ring (bicyclic) bond motifs is 1. The third-order valence-corrected chi connectivity index (χ3v) is 11.6. The molecule has 0 saturated heterocycles. The minimum atomic E-state index is -1.80. The number of halogens is 1. The van der Waals surface area contributed by atoms with E-state index >= 15 is 0 Å². The van der Waals surface area contributed by atoms with Crippen molar-refractivity contribution in [1.29, 1.82) is 0 Å². The lowest BCUT2D eigenvalue weighted by Gasteiger charge is -2.39. The van der Waals surface area contributed by atoms with Crippen LogP contribution in [0.4, 0.5) is 0 Å². The number of thioether (sulfide) groups is 1. The average Bonchev–Trinajstić information content (AvgIpc) is 2.63. The summed E-state index contributed by atoms with van der Waals surface area (Å²) < 4.78 is 11.3. The van der Waals surface area contributed by atoms with E-state index < -0.39 is 13.1 Å². The predicted octanol–water partition coefficient (Wildman–Crippen LogP) is 5.41. The van der Waals surface area contributed by atoms with Crippen LogP contribution in [-0.4, -0.2) is 33.3 Å². The molecule has 0 saturated carbocycles.